The number of carbonyl (C=O) groups is 2. The zero-order valence-electron chi connectivity index (χ0n) is 11.7. The van der Waals surface area contributed by atoms with Crippen LogP contribution in [0.15, 0.2) is 24.4 Å². The predicted octanol–water partition coefficient (Wildman–Crippen LogP) is 1.87. The first-order valence-electron chi connectivity index (χ1n) is 6.98. The van der Waals surface area contributed by atoms with Crippen LogP contribution < -0.4 is 0 Å². The molecule has 1 amide bonds. The highest BCUT2D eigenvalue weighted by molar-refractivity contribution is 5.86. The molecule has 0 saturated carbocycles. The molecule has 0 spiro atoms. The summed E-state index contributed by atoms with van der Waals surface area (Å²) < 4.78 is 0. The van der Waals surface area contributed by atoms with Gasteiger partial charge in [0.2, 0.25) is 5.91 Å². The Kier molecular flexibility index (Phi) is 4.37. The van der Waals surface area contributed by atoms with E-state index in [1.807, 2.05) is 18.2 Å². The lowest BCUT2D eigenvalue weighted by Gasteiger charge is -2.34. The number of rotatable bonds is 5. The van der Waals surface area contributed by atoms with Gasteiger partial charge in [0.05, 0.1) is 0 Å². The van der Waals surface area contributed by atoms with Crippen molar-refractivity contribution < 1.29 is 14.7 Å². The number of amides is 1. The van der Waals surface area contributed by atoms with Gasteiger partial charge in [-0.2, -0.15) is 0 Å². The number of nitrogens with zero attached hydrogens (tertiary/aromatic N) is 2. The molecule has 1 aliphatic heterocycles. The summed E-state index contributed by atoms with van der Waals surface area (Å²) in [6, 6.07) is 5.72. The minimum Gasteiger partial charge on any atom is -0.479 e. The van der Waals surface area contributed by atoms with E-state index in [4.69, 9.17) is 0 Å². The quantitative estimate of drug-likeness (QED) is 0.891. The number of likely N-dealkylation sites (tertiary alicyclic amines) is 1. The molecule has 0 radical (unpaired) electrons. The number of aryl methyl sites for hydroxylation is 1. The zero-order chi connectivity index (χ0) is 14.6. The van der Waals surface area contributed by atoms with Gasteiger partial charge in [-0.3, -0.25) is 9.78 Å². The molecule has 0 bridgehead atoms. The number of carboxylic acid groups (broad SMARTS) is 1. The predicted molar refractivity (Wildman–Crippen MR) is 74.2 cm³/mol. The van der Waals surface area contributed by atoms with Gasteiger partial charge < -0.3 is 10.0 Å². The van der Waals surface area contributed by atoms with Crippen molar-refractivity contribution in [1.29, 1.82) is 0 Å². The van der Waals surface area contributed by atoms with E-state index < -0.39 is 11.5 Å². The molecule has 2 heterocycles. The smallest absolute Gasteiger partial charge is 0.329 e. The Bertz CT molecular complexity index is 489. The maximum Gasteiger partial charge on any atom is 0.329 e. The third-order valence-electron chi connectivity index (χ3n) is 4.02. The third kappa shape index (κ3) is 2.81. The van der Waals surface area contributed by atoms with Crippen LogP contribution in [0.2, 0.25) is 0 Å². The molecule has 5 nitrogen and oxygen atoms in total. The molecule has 20 heavy (non-hydrogen) atoms. The van der Waals surface area contributed by atoms with Crippen molar-refractivity contribution in [3.63, 3.8) is 0 Å². The highest BCUT2D eigenvalue weighted by atomic mass is 16.4. The van der Waals surface area contributed by atoms with E-state index in [-0.39, 0.29) is 5.91 Å². The number of pyridine rings is 1. The normalized spacial score (nSPS) is 21.9. The first-order chi connectivity index (χ1) is 9.56. The van der Waals surface area contributed by atoms with Crippen molar-refractivity contribution in [2.75, 3.05) is 6.54 Å². The van der Waals surface area contributed by atoms with Crippen molar-refractivity contribution in [2.45, 2.75) is 44.6 Å². The molecule has 0 unspecified atom stereocenters. The summed E-state index contributed by atoms with van der Waals surface area (Å²) in [6.07, 6.45) is 4.98. The van der Waals surface area contributed by atoms with E-state index in [9.17, 15) is 14.7 Å². The summed E-state index contributed by atoms with van der Waals surface area (Å²) in [6.45, 7) is 1.99. The zero-order valence-corrected chi connectivity index (χ0v) is 11.7. The molecule has 1 N–H and O–H groups in total. The molecule has 1 atom stereocenters. The number of aliphatic carboxylic acids is 1. The maximum absolute atomic E-state index is 11.7. The van der Waals surface area contributed by atoms with Crippen molar-refractivity contribution in [3.05, 3.63) is 30.1 Å². The minimum absolute atomic E-state index is 0.150. The monoisotopic (exact) mass is 276 g/mol. The Morgan fingerprint density at radius 3 is 2.85 bits per heavy atom. The van der Waals surface area contributed by atoms with Gasteiger partial charge >= 0.3 is 5.97 Å². The van der Waals surface area contributed by atoms with Crippen LogP contribution in [0.5, 0.6) is 0 Å². The molecule has 1 fully saturated rings. The number of aromatic nitrogens is 1. The van der Waals surface area contributed by atoms with Gasteiger partial charge in [-0.1, -0.05) is 6.07 Å². The van der Waals surface area contributed by atoms with Gasteiger partial charge in [0.15, 0.2) is 0 Å². The molecule has 0 aliphatic carbocycles. The summed E-state index contributed by atoms with van der Waals surface area (Å²) in [7, 11) is 0. The van der Waals surface area contributed by atoms with E-state index in [0.717, 1.165) is 18.5 Å². The molecule has 2 rings (SSSR count). The average Bonchev–Trinajstić information content (AvgIpc) is 2.85. The number of carboxylic acids is 1. The summed E-state index contributed by atoms with van der Waals surface area (Å²) in [4.78, 5) is 29.1. The molecule has 1 aromatic heterocycles. The first kappa shape index (κ1) is 14.5. The number of carbonyl (C=O) groups excluding carboxylic acids is 1. The molecule has 5 heteroatoms. The van der Waals surface area contributed by atoms with E-state index >= 15 is 0 Å². The molecule has 108 valence electrons. The molecule has 1 saturated heterocycles. The average molecular weight is 276 g/mol. The second kappa shape index (κ2) is 6.03. The van der Waals surface area contributed by atoms with E-state index in [1.54, 1.807) is 6.20 Å². The van der Waals surface area contributed by atoms with Crippen LogP contribution in [-0.2, 0) is 16.0 Å². The minimum atomic E-state index is -1.01. The van der Waals surface area contributed by atoms with Crippen LogP contribution in [-0.4, -0.2) is 39.0 Å². The number of hydrogen-bond acceptors (Lipinski definition) is 3. The maximum atomic E-state index is 11.7. The standard InChI is InChI=1S/C15H20N2O3/c1-12(18)17-11-5-9-15(17,14(19)20)8-4-7-13-6-2-3-10-16-13/h2-3,6,10H,4-5,7-9,11H2,1H3,(H,19,20)/t15-/m1/s1. The largest absolute Gasteiger partial charge is 0.479 e. The highest BCUT2D eigenvalue weighted by Crippen LogP contribution is 2.34. The van der Waals surface area contributed by atoms with Gasteiger partial charge in [0.25, 0.3) is 0 Å². The van der Waals surface area contributed by atoms with E-state index in [1.165, 1.54) is 11.8 Å². The first-order valence-corrected chi connectivity index (χ1v) is 6.98. The molecular formula is C15H20N2O3. The SMILES string of the molecule is CC(=O)N1CCC[C@]1(CCCc1ccccn1)C(=O)O. The Hall–Kier alpha value is -1.91. The fourth-order valence-corrected chi connectivity index (χ4v) is 3.03. The van der Waals surface area contributed by atoms with Gasteiger partial charge in [0.1, 0.15) is 5.54 Å². The van der Waals surface area contributed by atoms with Crippen LogP contribution in [0.25, 0.3) is 0 Å². The van der Waals surface area contributed by atoms with Crippen LogP contribution in [0.3, 0.4) is 0 Å². The summed E-state index contributed by atoms with van der Waals surface area (Å²) >= 11 is 0. The second-order valence-electron chi connectivity index (χ2n) is 5.29. The fourth-order valence-electron chi connectivity index (χ4n) is 3.03. The summed E-state index contributed by atoms with van der Waals surface area (Å²) in [5, 5.41) is 9.57. The Labute approximate surface area is 118 Å². The molecular weight excluding hydrogens is 256 g/mol. The lowest BCUT2D eigenvalue weighted by atomic mass is 9.89. The third-order valence-corrected chi connectivity index (χ3v) is 4.02. The van der Waals surface area contributed by atoms with E-state index in [0.29, 0.717) is 25.8 Å². The van der Waals surface area contributed by atoms with Gasteiger partial charge in [-0.15, -0.1) is 0 Å². The summed E-state index contributed by atoms with van der Waals surface area (Å²) in [5.74, 6) is -1.03. The van der Waals surface area contributed by atoms with Gasteiger partial charge in [0, 0.05) is 25.4 Å². The fraction of sp³-hybridized carbons (Fsp3) is 0.533. The molecule has 0 aromatic carbocycles. The Morgan fingerprint density at radius 2 is 2.25 bits per heavy atom. The number of hydrogen-bond donors (Lipinski definition) is 1. The lowest BCUT2D eigenvalue weighted by Crippen LogP contribution is -2.52. The van der Waals surface area contributed by atoms with Gasteiger partial charge in [-0.05, 0) is 44.2 Å². The van der Waals surface area contributed by atoms with Crippen LogP contribution >= 0.6 is 0 Å². The van der Waals surface area contributed by atoms with Crippen molar-refractivity contribution in [1.82, 2.24) is 9.88 Å². The topological polar surface area (TPSA) is 70.5 Å². The van der Waals surface area contributed by atoms with Crippen LogP contribution in [0, 0.1) is 0 Å². The molecule has 1 aliphatic rings. The van der Waals surface area contributed by atoms with Crippen LogP contribution in [0.1, 0.15) is 38.3 Å². The van der Waals surface area contributed by atoms with Gasteiger partial charge in [-0.25, -0.2) is 4.79 Å². The van der Waals surface area contributed by atoms with Crippen molar-refractivity contribution in [2.24, 2.45) is 0 Å². The Morgan fingerprint density at radius 1 is 1.45 bits per heavy atom. The van der Waals surface area contributed by atoms with E-state index in [2.05, 4.69) is 4.98 Å². The second-order valence-corrected chi connectivity index (χ2v) is 5.29. The summed E-state index contributed by atoms with van der Waals surface area (Å²) in [5.41, 5.74) is -0.0546. The Balaban J connectivity index is 2.03. The van der Waals surface area contributed by atoms with Crippen molar-refractivity contribution in [3.8, 4) is 0 Å². The van der Waals surface area contributed by atoms with Crippen molar-refractivity contribution >= 4 is 11.9 Å². The lowest BCUT2D eigenvalue weighted by molar-refractivity contribution is -0.156. The molecule has 1 aromatic rings. The van der Waals surface area contributed by atoms with Crippen LogP contribution in [0.4, 0.5) is 0 Å². The highest BCUT2D eigenvalue weighted by Gasteiger charge is 2.48.